The van der Waals surface area contributed by atoms with Crippen molar-refractivity contribution < 1.29 is 4.74 Å². The molecule has 100 valence electrons. The largest absolute Gasteiger partial charge is 0.497 e. The molecule has 0 aliphatic carbocycles. The molecule has 1 aromatic heterocycles. The molecule has 0 amide bonds. The maximum atomic E-state index is 12.0. The van der Waals surface area contributed by atoms with Gasteiger partial charge in [-0.05, 0) is 30.2 Å². The number of H-pyrrole nitrogens is 1. The molecule has 0 saturated carbocycles. The van der Waals surface area contributed by atoms with Crippen LogP contribution >= 0.6 is 0 Å². The van der Waals surface area contributed by atoms with E-state index < -0.39 is 0 Å². The van der Waals surface area contributed by atoms with Crippen LogP contribution in [0, 0.1) is 0 Å². The molecule has 0 saturated heterocycles. The van der Waals surface area contributed by atoms with E-state index in [1.807, 2.05) is 38.1 Å². The number of nitrogens with zero attached hydrogens (tertiary/aromatic N) is 1. The second-order valence-corrected chi connectivity index (χ2v) is 4.60. The molecule has 2 aromatic rings. The van der Waals surface area contributed by atoms with E-state index in [0.717, 1.165) is 11.3 Å². The topological polar surface area (TPSA) is 81.0 Å². The van der Waals surface area contributed by atoms with Crippen molar-refractivity contribution in [2.45, 2.75) is 19.8 Å². The first-order chi connectivity index (χ1) is 9.02. The Kier molecular flexibility index (Phi) is 3.55. The van der Waals surface area contributed by atoms with Crippen molar-refractivity contribution in [3.63, 3.8) is 0 Å². The molecule has 0 aliphatic heterocycles. The van der Waals surface area contributed by atoms with Crippen LogP contribution in [0.4, 0.5) is 5.82 Å². The van der Waals surface area contributed by atoms with Gasteiger partial charge in [0, 0.05) is 5.56 Å². The van der Waals surface area contributed by atoms with Crippen molar-refractivity contribution >= 4 is 5.82 Å². The number of nitrogens with two attached hydrogens (primary N) is 1. The molecule has 0 fully saturated rings. The number of nitrogens with one attached hydrogen (secondary N) is 1. The average molecular weight is 259 g/mol. The summed E-state index contributed by atoms with van der Waals surface area (Å²) < 4.78 is 5.09. The summed E-state index contributed by atoms with van der Waals surface area (Å²) in [5.41, 5.74) is 6.99. The Labute approximate surface area is 111 Å². The lowest BCUT2D eigenvalue weighted by molar-refractivity contribution is 0.415. The molecule has 5 nitrogen and oxygen atoms in total. The first-order valence-electron chi connectivity index (χ1n) is 6.07. The third kappa shape index (κ3) is 2.59. The maximum Gasteiger partial charge on any atom is 0.256 e. The lowest BCUT2D eigenvalue weighted by atomic mass is 10.1. The molecule has 1 heterocycles. The fraction of sp³-hybridized carbons (Fsp3) is 0.286. The Bertz CT molecular complexity index is 630. The van der Waals surface area contributed by atoms with E-state index in [2.05, 4.69) is 9.97 Å². The van der Waals surface area contributed by atoms with Crippen LogP contribution in [-0.2, 0) is 0 Å². The number of hydrogen-bond acceptors (Lipinski definition) is 4. The molecule has 0 spiro atoms. The summed E-state index contributed by atoms with van der Waals surface area (Å²) in [5.74, 6) is 1.54. The maximum absolute atomic E-state index is 12.0. The highest BCUT2D eigenvalue weighted by Crippen LogP contribution is 2.21. The summed E-state index contributed by atoms with van der Waals surface area (Å²) in [6.07, 6.45) is 0. The minimum absolute atomic E-state index is 0.0427. The quantitative estimate of drug-likeness (QED) is 0.885. The molecule has 1 aromatic carbocycles. The Morgan fingerprint density at radius 3 is 2.37 bits per heavy atom. The van der Waals surface area contributed by atoms with Crippen molar-refractivity contribution in [2.75, 3.05) is 12.8 Å². The zero-order valence-corrected chi connectivity index (χ0v) is 11.2. The minimum atomic E-state index is -0.187. The second-order valence-electron chi connectivity index (χ2n) is 4.60. The van der Waals surface area contributed by atoms with Gasteiger partial charge in [0.15, 0.2) is 0 Å². The van der Waals surface area contributed by atoms with Crippen LogP contribution in [0.3, 0.4) is 0 Å². The second kappa shape index (κ2) is 5.14. The summed E-state index contributed by atoms with van der Waals surface area (Å²) in [6.45, 7) is 3.82. The van der Waals surface area contributed by atoms with Crippen molar-refractivity contribution in [3.05, 3.63) is 40.2 Å². The monoisotopic (exact) mass is 259 g/mol. The fourth-order valence-electron chi connectivity index (χ4n) is 1.94. The zero-order valence-electron chi connectivity index (χ0n) is 11.2. The zero-order chi connectivity index (χ0) is 14.0. The van der Waals surface area contributed by atoms with Crippen molar-refractivity contribution in [3.8, 4) is 17.1 Å². The molecule has 0 bridgehead atoms. The number of benzene rings is 1. The van der Waals surface area contributed by atoms with Gasteiger partial charge < -0.3 is 15.5 Å². The summed E-state index contributed by atoms with van der Waals surface area (Å²) >= 11 is 0. The Morgan fingerprint density at radius 1 is 1.26 bits per heavy atom. The van der Waals surface area contributed by atoms with E-state index in [0.29, 0.717) is 11.4 Å². The van der Waals surface area contributed by atoms with Gasteiger partial charge in [-0.15, -0.1) is 0 Å². The summed E-state index contributed by atoms with van der Waals surface area (Å²) in [4.78, 5) is 19.0. The Balaban J connectivity index is 2.49. The highest BCUT2D eigenvalue weighted by Gasteiger charge is 2.13. The molecule has 5 heteroatoms. The van der Waals surface area contributed by atoms with Gasteiger partial charge >= 0.3 is 0 Å². The Morgan fingerprint density at radius 2 is 1.89 bits per heavy atom. The van der Waals surface area contributed by atoms with Crippen LogP contribution in [0.15, 0.2) is 29.1 Å². The van der Waals surface area contributed by atoms with Crippen LogP contribution in [0.2, 0.25) is 0 Å². The highest BCUT2D eigenvalue weighted by molar-refractivity contribution is 5.58. The number of aromatic amines is 1. The van der Waals surface area contributed by atoms with Crippen molar-refractivity contribution in [1.29, 1.82) is 0 Å². The lowest BCUT2D eigenvalue weighted by Gasteiger charge is -2.09. The fourth-order valence-corrected chi connectivity index (χ4v) is 1.94. The van der Waals surface area contributed by atoms with Gasteiger partial charge in [-0.25, -0.2) is 4.98 Å². The van der Waals surface area contributed by atoms with Crippen LogP contribution in [0.5, 0.6) is 5.75 Å². The SMILES string of the molecule is COc1ccc(-c2nc(N)c(C(C)C)c(=O)[nH]2)cc1. The van der Waals surface area contributed by atoms with Crippen molar-refractivity contribution in [2.24, 2.45) is 0 Å². The standard InChI is InChI=1S/C14H17N3O2/c1-8(2)11-12(15)16-13(17-14(11)18)9-4-6-10(19-3)7-5-9/h4-8H,1-3H3,(H3,15,16,17,18). The van der Waals surface area contributed by atoms with Gasteiger partial charge in [0.05, 0.1) is 12.7 Å². The van der Waals surface area contributed by atoms with Gasteiger partial charge in [-0.1, -0.05) is 13.8 Å². The van der Waals surface area contributed by atoms with Crippen LogP contribution in [-0.4, -0.2) is 17.1 Å². The van der Waals surface area contributed by atoms with E-state index in [1.165, 1.54) is 0 Å². The highest BCUT2D eigenvalue weighted by atomic mass is 16.5. The number of methoxy groups -OCH3 is 1. The molecule has 0 aliphatic rings. The third-order valence-corrected chi connectivity index (χ3v) is 2.93. The predicted molar refractivity (Wildman–Crippen MR) is 75.3 cm³/mol. The molecule has 19 heavy (non-hydrogen) atoms. The molecule has 2 rings (SSSR count). The van der Waals surface area contributed by atoms with Gasteiger partial charge in [0.25, 0.3) is 5.56 Å². The van der Waals surface area contributed by atoms with Gasteiger partial charge in [-0.2, -0.15) is 0 Å². The number of ether oxygens (including phenoxy) is 1. The molecular weight excluding hydrogens is 242 g/mol. The molecule has 3 N–H and O–H groups in total. The number of aromatic nitrogens is 2. The summed E-state index contributed by atoms with van der Waals surface area (Å²) in [6, 6.07) is 7.26. The summed E-state index contributed by atoms with van der Waals surface area (Å²) in [7, 11) is 1.60. The average Bonchev–Trinajstić information content (AvgIpc) is 2.37. The van der Waals surface area contributed by atoms with Gasteiger partial charge in [0.2, 0.25) is 0 Å². The number of rotatable bonds is 3. The molecule has 0 atom stereocenters. The third-order valence-electron chi connectivity index (χ3n) is 2.93. The van der Waals surface area contributed by atoms with Gasteiger partial charge in [-0.3, -0.25) is 4.79 Å². The van der Waals surface area contributed by atoms with Crippen LogP contribution in [0.1, 0.15) is 25.3 Å². The molecule has 0 unspecified atom stereocenters. The number of anilines is 1. The van der Waals surface area contributed by atoms with E-state index in [1.54, 1.807) is 7.11 Å². The normalized spacial score (nSPS) is 10.7. The van der Waals surface area contributed by atoms with Gasteiger partial charge in [0.1, 0.15) is 17.4 Å². The lowest BCUT2D eigenvalue weighted by Crippen LogP contribution is -2.19. The molecule has 0 radical (unpaired) electrons. The van der Waals surface area contributed by atoms with E-state index in [9.17, 15) is 4.79 Å². The van der Waals surface area contributed by atoms with E-state index in [-0.39, 0.29) is 17.3 Å². The Hall–Kier alpha value is -2.30. The molecular formula is C14H17N3O2. The first-order valence-corrected chi connectivity index (χ1v) is 6.07. The smallest absolute Gasteiger partial charge is 0.256 e. The number of nitrogen functional groups attached to an aromatic ring is 1. The van der Waals surface area contributed by atoms with Crippen LogP contribution < -0.4 is 16.0 Å². The first kappa shape index (κ1) is 13.1. The summed E-state index contributed by atoms with van der Waals surface area (Å²) in [5, 5.41) is 0. The predicted octanol–water partition coefficient (Wildman–Crippen LogP) is 2.15. The van der Waals surface area contributed by atoms with E-state index >= 15 is 0 Å². The van der Waals surface area contributed by atoms with Crippen LogP contribution in [0.25, 0.3) is 11.4 Å². The van der Waals surface area contributed by atoms with Crippen molar-refractivity contribution in [1.82, 2.24) is 9.97 Å². The van der Waals surface area contributed by atoms with E-state index in [4.69, 9.17) is 10.5 Å². The number of hydrogen-bond donors (Lipinski definition) is 2. The minimum Gasteiger partial charge on any atom is -0.497 e.